The Bertz CT molecular complexity index is 566. The summed E-state index contributed by atoms with van der Waals surface area (Å²) in [6.45, 7) is 0. The van der Waals surface area contributed by atoms with Gasteiger partial charge < -0.3 is 4.98 Å². The zero-order chi connectivity index (χ0) is 10.7. The molecule has 1 N–H and O–H groups in total. The minimum Gasteiger partial charge on any atom is -0.301 e. The molecule has 0 bridgehead atoms. The summed E-state index contributed by atoms with van der Waals surface area (Å²) in [4.78, 5) is 19.2. The number of aromatic amines is 1. The van der Waals surface area contributed by atoms with E-state index in [9.17, 15) is 4.79 Å². The first-order chi connectivity index (χ1) is 7.31. The number of thioether (sulfide) groups is 1. The Balaban J connectivity index is 2.30. The van der Waals surface area contributed by atoms with Gasteiger partial charge >= 0.3 is 0 Å². The summed E-state index contributed by atoms with van der Waals surface area (Å²) in [5.74, 6) is 0.649. The third-order valence-corrected chi connectivity index (χ3v) is 3.45. The number of rotatable bonds is 3. The van der Waals surface area contributed by atoms with E-state index in [1.165, 1.54) is 23.1 Å². The topological polar surface area (TPSA) is 69.5 Å². The smallest absolute Gasteiger partial charge is 0.260 e. The zero-order valence-corrected chi connectivity index (χ0v) is 9.32. The highest BCUT2D eigenvalue weighted by Gasteiger charge is 2.04. The molecule has 0 unspecified atom stereocenters. The van der Waals surface area contributed by atoms with Crippen LogP contribution in [0.5, 0.6) is 0 Å². The van der Waals surface area contributed by atoms with Gasteiger partial charge in [0.2, 0.25) is 0 Å². The van der Waals surface area contributed by atoms with Crippen LogP contribution in [-0.2, 0) is 0 Å². The summed E-state index contributed by atoms with van der Waals surface area (Å²) in [6, 6.07) is 3.81. The first-order valence-electron chi connectivity index (χ1n) is 4.28. The van der Waals surface area contributed by atoms with Crippen molar-refractivity contribution in [3.8, 4) is 6.07 Å². The van der Waals surface area contributed by atoms with Gasteiger partial charge in [0.15, 0.2) is 5.16 Å². The molecule has 0 atom stereocenters. The Hall–Kier alpha value is -1.32. The van der Waals surface area contributed by atoms with E-state index in [1.54, 1.807) is 6.07 Å². The van der Waals surface area contributed by atoms with E-state index < -0.39 is 0 Å². The van der Waals surface area contributed by atoms with Gasteiger partial charge in [0, 0.05) is 12.2 Å². The van der Waals surface area contributed by atoms with Crippen molar-refractivity contribution >= 4 is 33.3 Å². The predicted octanol–water partition coefficient (Wildman–Crippen LogP) is 1.99. The highest BCUT2D eigenvalue weighted by Crippen LogP contribution is 2.18. The Morgan fingerprint density at radius 2 is 2.53 bits per heavy atom. The fraction of sp³-hybridized carbons (Fsp3) is 0.222. The molecule has 0 amide bonds. The van der Waals surface area contributed by atoms with Gasteiger partial charge in [-0.05, 0) is 11.4 Å². The lowest BCUT2D eigenvalue weighted by molar-refractivity contribution is 0.978. The van der Waals surface area contributed by atoms with Gasteiger partial charge in [-0.2, -0.15) is 5.26 Å². The summed E-state index contributed by atoms with van der Waals surface area (Å²) in [6.07, 6.45) is 0.455. The number of nitrogens with one attached hydrogen (secondary N) is 1. The van der Waals surface area contributed by atoms with Gasteiger partial charge in [-0.15, -0.1) is 11.3 Å². The number of aromatic nitrogens is 2. The second-order valence-electron chi connectivity index (χ2n) is 2.77. The van der Waals surface area contributed by atoms with E-state index in [0.29, 0.717) is 22.7 Å². The van der Waals surface area contributed by atoms with Crippen LogP contribution in [0.25, 0.3) is 10.2 Å². The number of hydrogen-bond donors (Lipinski definition) is 1. The van der Waals surface area contributed by atoms with E-state index in [4.69, 9.17) is 5.26 Å². The van der Waals surface area contributed by atoms with Crippen LogP contribution in [-0.4, -0.2) is 15.7 Å². The average molecular weight is 237 g/mol. The molecule has 15 heavy (non-hydrogen) atoms. The van der Waals surface area contributed by atoms with E-state index in [0.717, 1.165) is 4.83 Å². The minimum atomic E-state index is -0.110. The van der Waals surface area contributed by atoms with Crippen molar-refractivity contribution in [1.82, 2.24) is 9.97 Å². The zero-order valence-electron chi connectivity index (χ0n) is 7.69. The molecule has 0 saturated carbocycles. The van der Waals surface area contributed by atoms with Crippen molar-refractivity contribution in [3.05, 3.63) is 21.8 Å². The second-order valence-corrected chi connectivity index (χ2v) is 4.75. The lowest BCUT2D eigenvalue weighted by Gasteiger charge is -1.97. The van der Waals surface area contributed by atoms with Crippen molar-refractivity contribution < 1.29 is 0 Å². The van der Waals surface area contributed by atoms with E-state index in [-0.39, 0.29) is 5.56 Å². The Labute approximate surface area is 94.0 Å². The third-order valence-electron chi connectivity index (χ3n) is 1.77. The van der Waals surface area contributed by atoms with E-state index >= 15 is 0 Å². The summed E-state index contributed by atoms with van der Waals surface area (Å²) < 4.78 is 0. The lowest BCUT2D eigenvalue weighted by Crippen LogP contribution is -2.07. The van der Waals surface area contributed by atoms with Crippen molar-refractivity contribution in [2.45, 2.75) is 11.6 Å². The van der Waals surface area contributed by atoms with Crippen LogP contribution in [0, 0.1) is 11.3 Å². The molecule has 0 aliphatic carbocycles. The molecule has 0 spiro atoms. The molecule has 2 heterocycles. The fourth-order valence-corrected chi connectivity index (χ4v) is 2.64. The highest BCUT2D eigenvalue weighted by molar-refractivity contribution is 7.99. The number of thiophene rings is 1. The number of H-pyrrole nitrogens is 1. The van der Waals surface area contributed by atoms with Crippen LogP contribution in [0.15, 0.2) is 21.4 Å². The van der Waals surface area contributed by atoms with Crippen LogP contribution >= 0.6 is 23.1 Å². The van der Waals surface area contributed by atoms with E-state index in [2.05, 4.69) is 9.97 Å². The molecular weight excluding hydrogens is 230 g/mol. The largest absolute Gasteiger partial charge is 0.301 e. The van der Waals surface area contributed by atoms with E-state index in [1.807, 2.05) is 11.4 Å². The molecule has 0 aliphatic rings. The third kappa shape index (κ3) is 2.19. The molecule has 0 aliphatic heterocycles. The maximum absolute atomic E-state index is 11.5. The molecule has 76 valence electrons. The summed E-state index contributed by atoms with van der Waals surface area (Å²) in [7, 11) is 0. The van der Waals surface area contributed by atoms with Crippen molar-refractivity contribution in [3.63, 3.8) is 0 Å². The number of hydrogen-bond acceptors (Lipinski definition) is 5. The fourth-order valence-electron chi connectivity index (χ4n) is 1.11. The monoisotopic (exact) mass is 237 g/mol. The Kier molecular flexibility index (Phi) is 3.04. The predicted molar refractivity (Wildman–Crippen MR) is 61.2 cm³/mol. The average Bonchev–Trinajstić information content (AvgIpc) is 2.66. The van der Waals surface area contributed by atoms with Crippen LogP contribution < -0.4 is 5.56 Å². The molecule has 0 saturated heterocycles. The van der Waals surface area contributed by atoms with Gasteiger partial charge in [0.25, 0.3) is 5.56 Å². The molecule has 2 aromatic heterocycles. The van der Waals surface area contributed by atoms with Gasteiger partial charge in [0.1, 0.15) is 4.83 Å². The molecule has 6 heteroatoms. The maximum Gasteiger partial charge on any atom is 0.260 e. The molecule has 2 aromatic rings. The van der Waals surface area contributed by atoms with Crippen LogP contribution in [0.4, 0.5) is 0 Å². The van der Waals surface area contributed by atoms with Gasteiger partial charge in [-0.3, -0.25) is 4.79 Å². The SMILES string of the molecule is N#CCCSc1nc2sccc2c(=O)[nH]1. The van der Waals surface area contributed by atoms with Crippen LogP contribution in [0.3, 0.4) is 0 Å². The maximum atomic E-state index is 11.5. The van der Waals surface area contributed by atoms with Crippen LogP contribution in [0.2, 0.25) is 0 Å². The molecule has 0 fully saturated rings. The Morgan fingerprint density at radius 3 is 3.33 bits per heavy atom. The highest BCUT2D eigenvalue weighted by atomic mass is 32.2. The number of nitrogens with zero attached hydrogens (tertiary/aromatic N) is 2. The van der Waals surface area contributed by atoms with Gasteiger partial charge in [-0.1, -0.05) is 11.8 Å². The molecule has 2 rings (SSSR count). The van der Waals surface area contributed by atoms with Gasteiger partial charge in [0.05, 0.1) is 11.5 Å². The van der Waals surface area contributed by atoms with Crippen LogP contribution in [0.1, 0.15) is 6.42 Å². The minimum absolute atomic E-state index is 0.110. The standard InChI is InChI=1S/C9H7N3OS2/c10-3-1-4-15-9-11-7(13)6-2-5-14-8(6)12-9/h2,5H,1,4H2,(H,11,12,13). The molecular formula is C9H7N3OS2. The molecule has 0 aromatic carbocycles. The van der Waals surface area contributed by atoms with Crippen molar-refractivity contribution in [2.24, 2.45) is 0 Å². The first kappa shape index (κ1) is 10.2. The molecule has 4 nitrogen and oxygen atoms in total. The molecule has 0 radical (unpaired) electrons. The van der Waals surface area contributed by atoms with Crippen molar-refractivity contribution in [2.75, 3.05) is 5.75 Å². The quantitative estimate of drug-likeness (QED) is 0.503. The number of fused-ring (bicyclic) bond motifs is 1. The summed E-state index contributed by atoms with van der Waals surface area (Å²) in [5, 5.41) is 11.4. The summed E-state index contributed by atoms with van der Waals surface area (Å²) in [5.41, 5.74) is -0.110. The second kappa shape index (κ2) is 4.47. The summed E-state index contributed by atoms with van der Waals surface area (Å²) >= 11 is 2.84. The normalized spacial score (nSPS) is 10.3. The van der Waals surface area contributed by atoms with Crippen molar-refractivity contribution in [1.29, 1.82) is 5.26 Å². The first-order valence-corrected chi connectivity index (χ1v) is 6.15. The lowest BCUT2D eigenvalue weighted by atomic mass is 10.4. The number of nitriles is 1. The Morgan fingerprint density at radius 1 is 1.67 bits per heavy atom. The van der Waals surface area contributed by atoms with Gasteiger partial charge in [-0.25, -0.2) is 4.98 Å².